The Balaban J connectivity index is 2.00. The molecule has 1 aromatic heterocycles. The molecule has 0 aliphatic carbocycles. The quantitative estimate of drug-likeness (QED) is 0.929. The number of anilines is 1. The van der Waals surface area contributed by atoms with Crippen LogP contribution in [0, 0.1) is 5.92 Å². The summed E-state index contributed by atoms with van der Waals surface area (Å²) in [5.41, 5.74) is 0. The number of hydrogen-bond donors (Lipinski definition) is 1. The highest BCUT2D eigenvalue weighted by Crippen LogP contribution is 2.29. The average molecular weight is 319 g/mol. The first-order chi connectivity index (χ1) is 8.20. The number of halogens is 2. The largest absolute Gasteiger partial charge is 0.356 e. The van der Waals surface area contributed by atoms with Crippen LogP contribution in [-0.4, -0.2) is 31.7 Å². The number of rotatable bonds is 3. The summed E-state index contributed by atoms with van der Waals surface area (Å²) in [6.07, 6.45) is 4.15. The maximum atomic E-state index is 5.90. The van der Waals surface area contributed by atoms with Crippen molar-refractivity contribution in [3.63, 3.8) is 0 Å². The van der Waals surface area contributed by atoms with E-state index < -0.39 is 0 Å². The molecular formula is C12H17BrClN3. The Morgan fingerprint density at radius 2 is 2.24 bits per heavy atom. The summed E-state index contributed by atoms with van der Waals surface area (Å²) in [6, 6.07) is 1.91. The highest BCUT2D eigenvalue weighted by Gasteiger charge is 2.20. The molecule has 1 aliphatic heterocycles. The van der Waals surface area contributed by atoms with Gasteiger partial charge in [-0.15, -0.1) is 0 Å². The first-order valence-electron chi connectivity index (χ1n) is 5.91. The fourth-order valence-electron chi connectivity index (χ4n) is 2.28. The fraction of sp³-hybridized carbons (Fsp3) is 0.583. The molecule has 1 N–H and O–H groups in total. The van der Waals surface area contributed by atoms with Gasteiger partial charge in [0.1, 0.15) is 5.82 Å². The van der Waals surface area contributed by atoms with Crippen molar-refractivity contribution in [2.45, 2.75) is 12.8 Å². The second kappa shape index (κ2) is 6.03. The van der Waals surface area contributed by atoms with E-state index in [1.54, 1.807) is 6.20 Å². The van der Waals surface area contributed by atoms with Gasteiger partial charge in [0, 0.05) is 19.3 Å². The molecule has 0 radical (unpaired) electrons. The Morgan fingerprint density at radius 1 is 1.53 bits per heavy atom. The zero-order valence-corrected chi connectivity index (χ0v) is 12.3. The van der Waals surface area contributed by atoms with E-state index in [0.717, 1.165) is 35.8 Å². The van der Waals surface area contributed by atoms with E-state index in [2.05, 4.69) is 31.1 Å². The lowest BCUT2D eigenvalue weighted by molar-refractivity contribution is 0.392. The first kappa shape index (κ1) is 13.1. The van der Waals surface area contributed by atoms with Crippen LogP contribution >= 0.6 is 27.5 Å². The molecule has 3 nitrogen and oxygen atoms in total. The molecule has 94 valence electrons. The molecule has 1 aromatic rings. The van der Waals surface area contributed by atoms with Gasteiger partial charge in [0.15, 0.2) is 0 Å². The fourth-order valence-corrected chi connectivity index (χ4v) is 3.17. The molecule has 0 saturated carbocycles. The summed E-state index contributed by atoms with van der Waals surface area (Å²) in [4.78, 5) is 6.73. The lowest BCUT2D eigenvalue weighted by Gasteiger charge is -2.33. The number of aromatic nitrogens is 1. The van der Waals surface area contributed by atoms with Crippen LogP contribution in [0.4, 0.5) is 5.82 Å². The number of piperidine rings is 1. The molecule has 0 bridgehead atoms. The summed E-state index contributed by atoms with van der Waals surface area (Å²) >= 11 is 9.43. The van der Waals surface area contributed by atoms with Gasteiger partial charge in [0.05, 0.1) is 9.50 Å². The van der Waals surface area contributed by atoms with Crippen LogP contribution < -0.4 is 10.2 Å². The van der Waals surface area contributed by atoms with E-state index in [0.29, 0.717) is 5.02 Å². The van der Waals surface area contributed by atoms with Crippen molar-refractivity contribution in [1.29, 1.82) is 0 Å². The zero-order valence-electron chi connectivity index (χ0n) is 9.92. The third kappa shape index (κ3) is 3.33. The molecule has 0 amide bonds. The average Bonchev–Trinajstić information content (AvgIpc) is 2.31. The van der Waals surface area contributed by atoms with Gasteiger partial charge >= 0.3 is 0 Å². The van der Waals surface area contributed by atoms with Crippen LogP contribution in [0.5, 0.6) is 0 Å². The van der Waals surface area contributed by atoms with Gasteiger partial charge in [-0.05, 0) is 54.3 Å². The number of nitrogens with zero attached hydrogens (tertiary/aromatic N) is 2. The third-order valence-corrected chi connectivity index (χ3v) is 3.99. The normalized spacial score (nSPS) is 17.5. The van der Waals surface area contributed by atoms with Gasteiger partial charge in [0.25, 0.3) is 0 Å². The third-order valence-electron chi connectivity index (χ3n) is 3.20. The van der Waals surface area contributed by atoms with E-state index in [9.17, 15) is 0 Å². The summed E-state index contributed by atoms with van der Waals surface area (Å²) in [6.45, 7) is 3.25. The molecule has 17 heavy (non-hydrogen) atoms. The van der Waals surface area contributed by atoms with Crippen molar-refractivity contribution in [2.24, 2.45) is 5.92 Å². The highest BCUT2D eigenvalue weighted by molar-refractivity contribution is 9.10. The second-order valence-electron chi connectivity index (χ2n) is 4.45. The second-order valence-corrected chi connectivity index (χ2v) is 5.74. The smallest absolute Gasteiger partial charge is 0.142 e. The number of pyridine rings is 1. The van der Waals surface area contributed by atoms with E-state index in [-0.39, 0.29) is 0 Å². The Kier molecular flexibility index (Phi) is 4.65. The Hall–Kier alpha value is -0.320. The SMILES string of the molecule is CNCC1CCN(c2ncc(Cl)cc2Br)CC1. The van der Waals surface area contributed by atoms with E-state index in [1.807, 2.05) is 13.1 Å². The number of hydrogen-bond acceptors (Lipinski definition) is 3. The van der Waals surface area contributed by atoms with Crippen molar-refractivity contribution in [1.82, 2.24) is 10.3 Å². The van der Waals surface area contributed by atoms with E-state index in [1.165, 1.54) is 12.8 Å². The molecule has 1 fully saturated rings. The topological polar surface area (TPSA) is 28.2 Å². The van der Waals surface area contributed by atoms with Crippen molar-refractivity contribution in [3.05, 3.63) is 21.8 Å². The van der Waals surface area contributed by atoms with Crippen LogP contribution in [0.1, 0.15) is 12.8 Å². The minimum absolute atomic E-state index is 0.672. The standard InChI is InChI=1S/C12H17BrClN3/c1-15-7-9-2-4-17(5-3-9)12-11(13)6-10(14)8-16-12/h6,8-9,15H,2-5,7H2,1H3. The summed E-state index contributed by atoms with van der Waals surface area (Å²) < 4.78 is 0.983. The molecule has 2 heterocycles. The minimum Gasteiger partial charge on any atom is -0.356 e. The van der Waals surface area contributed by atoms with Crippen LogP contribution in [0.2, 0.25) is 5.02 Å². The lowest BCUT2D eigenvalue weighted by Crippen LogP contribution is -2.37. The van der Waals surface area contributed by atoms with Gasteiger partial charge in [-0.25, -0.2) is 4.98 Å². The van der Waals surface area contributed by atoms with Gasteiger partial charge < -0.3 is 10.2 Å². The van der Waals surface area contributed by atoms with Crippen molar-refractivity contribution in [3.8, 4) is 0 Å². The maximum Gasteiger partial charge on any atom is 0.142 e. The van der Waals surface area contributed by atoms with Crippen LogP contribution in [0.3, 0.4) is 0 Å². The first-order valence-corrected chi connectivity index (χ1v) is 7.08. The predicted octanol–water partition coefficient (Wildman–Crippen LogP) is 2.93. The molecule has 0 aromatic carbocycles. The Bertz CT molecular complexity index is 378. The highest BCUT2D eigenvalue weighted by atomic mass is 79.9. The molecule has 2 rings (SSSR count). The Labute approximate surface area is 116 Å². The monoisotopic (exact) mass is 317 g/mol. The van der Waals surface area contributed by atoms with Crippen LogP contribution in [0.15, 0.2) is 16.7 Å². The molecule has 0 spiro atoms. The van der Waals surface area contributed by atoms with E-state index >= 15 is 0 Å². The van der Waals surface area contributed by atoms with Crippen molar-refractivity contribution in [2.75, 3.05) is 31.6 Å². The van der Waals surface area contributed by atoms with Crippen molar-refractivity contribution < 1.29 is 0 Å². The van der Waals surface area contributed by atoms with Gasteiger partial charge in [-0.3, -0.25) is 0 Å². The van der Waals surface area contributed by atoms with Gasteiger partial charge in [0.2, 0.25) is 0 Å². The van der Waals surface area contributed by atoms with Crippen molar-refractivity contribution >= 4 is 33.3 Å². The lowest BCUT2D eigenvalue weighted by atomic mass is 9.97. The number of nitrogens with one attached hydrogen (secondary N) is 1. The van der Waals surface area contributed by atoms with Gasteiger partial charge in [-0.2, -0.15) is 0 Å². The summed E-state index contributed by atoms with van der Waals surface area (Å²) in [5.74, 6) is 1.81. The summed E-state index contributed by atoms with van der Waals surface area (Å²) in [7, 11) is 2.02. The molecule has 5 heteroatoms. The van der Waals surface area contributed by atoms with E-state index in [4.69, 9.17) is 11.6 Å². The zero-order chi connectivity index (χ0) is 12.3. The summed E-state index contributed by atoms with van der Waals surface area (Å²) in [5, 5.41) is 3.92. The van der Waals surface area contributed by atoms with Crippen LogP contribution in [-0.2, 0) is 0 Å². The molecule has 1 saturated heterocycles. The van der Waals surface area contributed by atoms with Crippen LogP contribution in [0.25, 0.3) is 0 Å². The molecule has 0 unspecified atom stereocenters. The molecular weight excluding hydrogens is 302 g/mol. The molecule has 0 atom stereocenters. The maximum absolute atomic E-state index is 5.90. The Morgan fingerprint density at radius 3 is 2.82 bits per heavy atom. The van der Waals surface area contributed by atoms with Gasteiger partial charge in [-0.1, -0.05) is 11.6 Å². The molecule has 1 aliphatic rings. The predicted molar refractivity (Wildman–Crippen MR) is 75.8 cm³/mol. The minimum atomic E-state index is 0.672.